The van der Waals surface area contributed by atoms with Crippen LogP contribution in [0.15, 0.2) is 34.7 Å². The third kappa shape index (κ3) is 4.51. The SMILES string of the molecule is NS(=O)(=O)/N=C(\Oc1ccccc1)N1CCOCC1. The molecular weight excluding hydrogens is 270 g/mol. The summed E-state index contributed by atoms with van der Waals surface area (Å²) in [6.07, 6.45) is 0. The maximum Gasteiger partial charge on any atom is 0.321 e. The van der Waals surface area contributed by atoms with E-state index in [9.17, 15) is 8.42 Å². The van der Waals surface area contributed by atoms with E-state index in [1.807, 2.05) is 6.07 Å². The van der Waals surface area contributed by atoms with Crippen molar-refractivity contribution in [3.05, 3.63) is 30.3 Å². The summed E-state index contributed by atoms with van der Waals surface area (Å²) in [6.45, 7) is 1.98. The lowest BCUT2D eigenvalue weighted by Crippen LogP contribution is -2.43. The van der Waals surface area contributed by atoms with Crippen molar-refractivity contribution >= 4 is 16.2 Å². The predicted molar refractivity (Wildman–Crippen MR) is 70.0 cm³/mol. The van der Waals surface area contributed by atoms with Crippen molar-refractivity contribution in [1.29, 1.82) is 0 Å². The zero-order chi connectivity index (χ0) is 13.7. The van der Waals surface area contributed by atoms with Gasteiger partial charge in [-0.2, -0.15) is 8.42 Å². The third-order valence-electron chi connectivity index (χ3n) is 2.44. The Kier molecular flexibility index (Phi) is 4.35. The van der Waals surface area contributed by atoms with Crippen molar-refractivity contribution in [3.8, 4) is 5.75 Å². The van der Waals surface area contributed by atoms with Gasteiger partial charge >= 0.3 is 16.2 Å². The Morgan fingerprint density at radius 1 is 1.26 bits per heavy atom. The van der Waals surface area contributed by atoms with Crippen molar-refractivity contribution in [2.75, 3.05) is 26.3 Å². The third-order valence-corrected chi connectivity index (χ3v) is 2.85. The largest absolute Gasteiger partial charge is 0.425 e. The summed E-state index contributed by atoms with van der Waals surface area (Å²) in [5, 5.41) is 4.94. The highest BCUT2D eigenvalue weighted by molar-refractivity contribution is 7.88. The van der Waals surface area contributed by atoms with Gasteiger partial charge in [-0.15, -0.1) is 0 Å². The molecule has 1 aromatic carbocycles. The molecule has 0 unspecified atom stereocenters. The van der Waals surface area contributed by atoms with E-state index in [1.165, 1.54) is 0 Å². The number of hydrogen-bond donors (Lipinski definition) is 1. The number of nitrogens with zero attached hydrogens (tertiary/aromatic N) is 2. The molecule has 19 heavy (non-hydrogen) atoms. The smallest absolute Gasteiger partial charge is 0.321 e. The number of rotatable bonds is 2. The Labute approximate surface area is 111 Å². The predicted octanol–water partition coefficient (Wildman–Crippen LogP) is -0.0429. The highest BCUT2D eigenvalue weighted by atomic mass is 32.2. The van der Waals surface area contributed by atoms with Crippen LogP contribution in [0.5, 0.6) is 5.75 Å². The van der Waals surface area contributed by atoms with Crippen molar-refractivity contribution in [2.24, 2.45) is 9.54 Å². The molecule has 0 atom stereocenters. The average Bonchev–Trinajstić information content (AvgIpc) is 2.39. The molecule has 0 bridgehead atoms. The molecule has 2 rings (SSSR count). The van der Waals surface area contributed by atoms with Gasteiger partial charge in [0.25, 0.3) is 0 Å². The molecule has 0 radical (unpaired) electrons. The first kappa shape index (κ1) is 13.8. The summed E-state index contributed by atoms with van der Waals surface area (Å²) in [4.78, 5) is 1.68. The molecule has 1 aromatic rings. The van der Waals surface area contributed by atoms with Crippen LogP contribution in [-0.2, 0) is 14.9 Å². The van der Waals surface area contributed by atoms with Crippen LogP contribution in [0.25, 0.3) is 0 Å². The fraction of sp³-hybridized carbons (Fsp3) is 0.364. The molecule has 0 spiro atoms. The number of morpholine rings is 1. The summed E-state index contributed by atoms with van der Waals surface area (Å²) >= 11 is 0. The van der Waals surface area contributed by atoms with Crippen LogP contribution >= 0.6 is 0 Å². The van der Waals surface area contributed by atoms with E-state index in [4.69, 9.17) is 14.6 Å². The fourth-order valence-corrected chi connectivity index (χ4v) is 1.97. The molecule has 0 aliphatic carbocycles. The van der Waals surface area contributed by atoms with Gasteiger partial charge in [0.05, 0.1) is 13.2 Å². The van der Waals surface area contributed by atoms with Crippen LogP contribution in [0.3, 0.4) is 0 Å². The van der Waals surface area contributed by atoms with E-state index < -0.39 is 10.2 Å². The summed E-state index contributed by atoms with van der Waals surface area (Å²) in [6, 6.07) is 8.78. The summed E-state index contributed by atoms with van der Waals surface area (Å²) < 4.78 is 36.4. The van der Waals surface area contributed by atoms with Gasteiger partial charge in [0.1, 0.15) is 5.75 Å². The molecule has 1 saturated heterocycles. The van der Waals surface area contributed by atoms with Gasteiger partial charge in [0.2, 0.25) is 0 Å². The Bertz CT molecular complexity index is 538. The van der Waals surface area contributed by atoms with E-state index in [-0.39, 0.29) is 6.02 Å². The van der Waals surface area contributed by atoms with Gasteiger partial charge in [0.15, 0.2) is 0 Å². The number of amidine groups is 1. The van der Waals surface area contributed by atoms with Gasteiger partial charge < -0.3 is 14.4 Å². The van der Waals surface area contributed by atoms with E-state index in [0.29, 0.717) is 32.1 Å². The minimum absolute atomic E-state index is 0.0306. The maximum absolute atomic E-state index is 11.1. The lowest BCUT2D eigenvalue weighted by atomic mass is 10.3. The Morgan fingerprint density at radius 2 is 1.89 bits per heavy atom. The van der Waals surface area contributed by atoms with Crippen molar-refractivity contribution in [1.82, 2.24) is 4.90 Å². The molecule has 2 N–H and O–H groups in total. The molecule has 0 saturated carbocycles. The Balaban J connectivity index is 2.21. The van der Waals surface area contributed by atoms with E-state index in [2.05, 4.69) is 4.40 Å². The number of benzene rings is 1. The van der Waals surface area contributed by atoms with Crippen molar-refractivity contribution in [2.45, 2.75) is 0 Å². The quantitative estimate of drug-likeness (QED) is 0.607. The fourth-order valence-electron chi connectivity index (χ4n) is 1.60. The van der Waals surface area contributed by atoms with Crippen LogP contribution < -0.4 is 9.88 Å². The van der Waals surface area contributed by atoms with Gasteiger partial charge in [0, 0.05) is 13.1 Å². The zero-order valence-electron chi connectivity index (χ0n) is 10.2. The first-order valence-electron chi connectivity index (χ1n) is 5.73. The zero-order valence-corrected chi connectivity index (χ0v) is 11.0. The molecule has 104 valence electrons. The highest BCUT2D eigenvalue weighted by Crippen LogP contribution is 2.11. The van der Waals surface area contributed by atoms with Gasteiger partial charge in [-0.3, -0.25) is 0 Å². The molecule has 7 nitrogen and oxygen atoms in total. The first-order valence-corrected chi connectivity index (χ1v) is 7.23. The number of ether oxygens (including phenoxy) is 2. The second-order valence-corrected chi connectivity index (χ2v) is 5.12. The van der Waals surface area contributed by atoms with Crippen LogP contribution in [-0.4, -0.2) is 45.6 Å². The van der Waals surface area contributed by atoms with Gasteiger partial charge in [-0.05, 0) is 12.1 Å². The maximum atomic E-state index is 11.1. The van der Waals surface area contributed by atoms with Crippen LogP contribution in [0.2, 0.25) is 0 Å². The molecule has 1 fully saturated rings. The first-order chi connectivity index (χ1) is 9.04. The molecule has 1 heterocycles. The van der Waals surface area contributed by atoms with E-state index in [1.54, 1.807) is 29.2 Å². The van der Waals surface area contributed by atoms with Crippen LogP contribution in [0.4, 0.5) is 0 Å². The monoisotopic (exact) mass is 285 g/mol. The minimum atomic E-state index is -4.01. The van der Waals surface area contributed by atoms with E-state index in [0.717, 1.165) is 0 Å². The number of nitrogens with two attached hydrogens (primary N) is 1. The van der Waals surface area contributed by atoms with Crippen molar-refractivity contribution in [3.63, 3.8) is 0 Å². The van der Waals surface area contributed by atoms with Crippen molar-refractivity contribution < 1.29 is 17.9 Å². The highest BCUT2D eigenvalue weighted by Gasteiger charge is 2.19. The lowest BCUT2D eigenvalue weighted by molar-refractivity contribution is 0.0616. The molecule has 8 heteroatoms. The minimum Gasteiger partial charge on any atom is -0.425 e. The summed E-state index contributed by atoms with van der Waals surface area (Å²) in [7, 11) is -4.01. The summed E-state index contributed by atoms with van der Waals surface area (Å²) in [5.41, 5.74) is 0. The summed E-state index contributed by atoms with van der Waals surface area (Å²) in [5.74, 6) is 0.497. The molecular formula is C11H15N3O4S. The van der Waals surface area contributed by atoms with E-state index >= 15 is 0 Å². The van der Waals surface area contributed by atoms with Gasteiger partial charge in [-0.25, -0.2) is 5.14 Å². The molecule has 0 aromatic heterocycles. The number of hydrogen-bond acceptors (Lipinski definition) is 4. The molecule has 1 aliphatic rings. The topological polar surface area (TPSA) is 94.2 Å². The second-order valence-electron chi connectivity index (χ2n) is 3.90. The molecule has 1 aliphatic heterocycles. The average molecular weight is 285 g/mol. The number of para-hydroxylation sites is 1. The normalized spacial score (nSPS) is 17.3. The standard InChI is InChI=1S/C11H15N3O4S/c12-19(15,16)13-11(14-6-8-17-9-7-14)18-10-4-2-1-3-5-10/h1-5H,6-9H2,(H2,12,15,16)/b13-11-. The Morgan fingerprint density at radius 3 is 2.47 bits per heavy atom. The second kappa shape index (κ2) is 6.00. The van der Waals surface area contributed by atoms with Crippen LogP contribution in [0, 0.1) is 0 Å². The van der Waals surface area contributed by atoms with Crippen LogP contribution in [0.1, 0.15) is 0 Å². The lowest BCUT2D eigenvalue weighted by Gasteiger charge is -2.28. The Hall–Kier alpha value is -1.64. The molecule has 0 amide bonds. The van der Waals surface area contributed by atoms with Gasteiger partial charge in [-0.1, -0.05) is 22.6 Å².